The van der Waals surface area contributed by atoms with Gasteiger partial charge in [-0.3, -0.25) is 4.21 Å². The molecule has 0 heterocycles. The van der Waals surface area contributed by atoms with E-state index < -0.39 is 15.8 Å². The van der Waals surface area contributed by atoms with E-state index in [9.17, 15) is 8.76 Å². The molecule has 2 N–H and O–H groups in total. The average Bonchev–Trinajstić information content (AvgIpc) is 2.77. The maximum Gasteiger partial charge on any atom is 0.125 e. The van der Waals surface area contributed by atoms with Gasteiger partial charge in [0, 0.05) is 18.6 Å². The molecular weight excluding hydrogens is 228 g/mol. The van der Waals surface area contributed by atoms with E-state index in [0.29, 0.717) is 19.4 Å². The van der Waals surface area contributed by atoms with E-state index in [2.05, 4.69) is 0 Å². The van der Waals surface area contributed by atoms with Crippen LogP contribution < -0.4 is 5.73 Å². The first-order chi connectivity index (χ1) is 7.56. The molecule has 2 saturated carbocycles. The molecule has 2 rings (SSSR count). The molecule has 6 heteroatoms. The molecule has 0 spiro atoms. The van der Waals surface area contributed by atoms with Gasteiger partial charge in [0.1, 0.15) is 4.75 Å². The topological polar surface area (TPSA) is 99.2 Å². The van der Waals surface area contributed by atoms with Crippen LogP contribution in [0.5, 0.6) is 0 Å². The largest absolute Gasteiger partial charge is 0.771 e. The molecule has 5 nitrogen and oxygen atoms in total. The normalized spacial score (nSPS) is 47.9. The van der Waals surface area contributed by atoms with Gasteiger partial charge in [0.2, 0.25) is 0 Å². The third-order valence-corrected chi connectivity index (χ3v) is 5.04. The van der Waals surface area contributed by atoms with Gasteiger partial charge in [0.25, 0.3) is 0 Å². The summed E-state index contributed by atoms with van der Waals surface area (Å²) in [6.45, 7) is 2.34. The van der Waals surface area contributed by atoms with Gasteiger partial charge in [-0.15, -0.1) is 0 Å². The number of hydrogen-bond acceptors (Lipinski definition) is 5. The summed E-state index contributed by atoms with van der Waals surface area (Å²) in [5.74, 6) is -0.171. The number of hydrogen-bond donors (Lipinski definition) is 1. The van der Waals surface area contributed by atoms with Crippen molar-refractivity contribution in [2.45, 2.75) is 36.7 Å². The van der Waals surface area contributed by atoms with Crippen molar-refractivity contribution < 1.29 is 13.5 Å². The van der Waals surface area contributed by atoms with Crippen LogP contribution in [0.15, 0.2) is 0 Å². The molecule has 0 aromatic heterocycles. The molecule has 2 bridgehead atoms. The van der Waals surface area contributed by atoms with E-state index in [1.54, 1.807) is 0 Å². The smallest absolute Gasteiger partial charge is 0.125 e. The third-order valence-electron chi connectivity index (χ3n) is 3.89. The summed E-state index contributed by atoms with van der Waals surface area (Å²) in [4.78, 5) is 0. The summed E-state index contributed by atoms with van der Waals surface area (Å²) in [5, 5.41) is 9.14. The van der Waals surface area contributed by atoms with Gasteiger partial charge in [-0.25, -0.2) is 0 Å². The van der Waals surface area contributed by atoms with Gasteiger partial charge >= 0.3 is 0 Å². The average molecular weight is 243 g/mol. The van der Waals surface area contributed by atoms with Gasteiger partial charge in [-0.2, -0.15) is 5.26 Å². The highest BCUT2D eigenvalue weighted by Gasteiger charge is 2.61. The zero-order valence-corrected chi connectivity index (χ0v) is 9.90. The highest BCUT2D eigenvalue weighted by atomic mass is 32.2. The summed E-state index contributed by atoms with van der Waals surface area (Å²) in [5.41, 5.74) is 5.99. The molecule has 2 fully saturated rings. The molecule has 0 aliphatic heterocycles. The fraction of sp³-hybridized carbons (Fsp3) is 0.900. The Kier molecular flexibility index (Phi) is 3.05. The van der Waals surface area contributed by atoms with Gasteiger partial charge in [0.15, 0.2) is 0 Å². The molecule has 6 atom stereocenters. The molecule has 0 amide bonds. The second-order valence-electron chi connectivity index (χ2n) is 4.54. The number of fused-ring (bicyclic) bond motifs is 2. The van der Waals surface area contributed by atoms with E-state index in [1.165, 1.54) is 0 Å². The molecule has 0 aromatic rings. The molecule has 0 saturated heterocycles. The zero-order chi connectivity index (χ0) is 11.9. The van der Waals surface area contributed by atoms with E-state index in [4.69, 9.17) is 15.7 Å². The standard InChI is InChI=1S/C10H16N2O3S/c1-2-15-9-7-3-6(8(9)12)4-10(7,5-11)16(13)14/h6-9H,2-4,12H2,1H3,(H,13,14)/p-1. The lowest BCUT2D eigenvalue weighted by atomic mass is 9.84. The minimum atomic E-state index is -2.38. The van der Waals surface area contributed by atoms with Crippen molar-refractivity contribution in [1.29, 1.82) is 5.26 Å². The highest BCUT2D eigenvalue weighted by Crippen LogP contribution is 2.53. The first-order valence-corrected chi connectivity index (χ1v) is 6.52. The number of rotatable bonds is 3. The van der Waals surface area contributed by atoms with Crippen LogP contribution in [0.25, 0.3) is 0 Å². The lowest BCUT2D eigenvalue weighted by molar-refractivity contribution is 0.00564. The van der Waals surface area contributed by atoms with Gasteiger partial charge < -0.3 is 15.0 Å². The van der Waals surface area contributed by atoms with Gasteiger partial charge in [0.05, 0.1) is 12.2 Å². The maximum absolute atomic E-state index is 11.3. The van der Waals surface area contributed by atoms with Crippen molar-refractivity contribution in [3.05, 3.63) is 0 Å². The molecule has 0 aromatic carbocycles. The van der Waals surface area contributed by atoms with Gasteiger partial charge in [-0.05, 0) is 36.8 Å². The number of nitriles is 1. The van der Waals surface area contributed by atoms with Crippen molar-refractivity contribution in [3.8, 4) is 6.07 Å². The van der Waals surface area contributed by atoms with Crippen molar-refractivity contribution in [2.24, 2.45) is 17.6 Å². The Balaban J connectivity index is 2.30. The first kappa shape index (κ1) is 12.0. The van der Waals surface area contributed by atoms with E-state index in [0.717, 1.165) is 0 Å². The Morgan fingerprint density at radius 1 is 1.75 bits per heavy atom. The zero-order valence-electron chi connectivity index (χ0n) is 9.09. The predicted molar refractivity (Wildman–Crippen MR) is 56.9 cm³/mol. The quantitative estimate of drug-likeness (QED) is 0.698. The number of nitrogens with zero attached hydrogens (tertiary/aromatic N) is 1. The first-order valence-electron chi connectivity index (χ1n) is 5.44. The Morgan fingerprint density at radius 2 is 2.44 bits per heavy atom. The van der Waals surface area contributed by atoms with Crippen molar-refractivity contribution in [2.75, 3.05) is 6.61 Å². The summed E-state index contributed by atoms with van der Waals surface area (Å²) in [6, 6.07) is 1.84. The molecule has 16 heavy (non-hydrogen) atoms. The van der Waals surface area contributed by atoms with Crippen molar-refractivity contribution >= 4 is 11.1 Å². The highest BCUT2D eigenvalue weighted by molar-refractivity contribution is 7.81. The number of nitrogens with two attached hydrogens (primary N) is 1. The van der Waals surface area contributed by atoms with Crippen LogP contribution in [0.2, 0.25) is 0 Å². The monoisotopic (exact) mass is 243 g/mol. The molecular formula is C10H15N2O3S-. The van der Waals surface area contributed by atoms with E-state index >= 15 is 0 Å². The minimum Gasteiger partial charge on any atom is -0.771 e. The summed E-state index contributed by atoms with van der Waals surface area (Å²) in [6.07, 6.45) is 0.754. The van der Waals surface area contributed by atoms with Crippen LogP contribution in [0.4, 0.5) is 0 Å². The summed E-state index contributed by atoms with van der Waals surface area (Å²) < 4.78 is 26.8. The SMILES string of the molecule is CCOC1C(N)C2CC1C(C#N)(S(=O)[O-])C2. The Morgan fingerprint density at radius 3 is 2.88 bits per heavy atom. The van der Waals surface area contributed by atoms with Crippen LogP contribution in [-0.4, -0.2) is 32.3 Å². The van der Waals surface area contributed by atoms with Crippen LogP contribution >= 0.6 is 0 Å². The lowest BCUT2D eigenvalue weighted by Gasteiger charge is -2.40. The molecule has 2 aliphatic rings. The Labute approximate surface area is 97.2 Å². The maximum atomic E-state index is 11.3. The van der Waals surface area contributed by atoms with E-state index in [1.807, 2.05) is 13.0 Å². The van der Waals surface area contributed by atoms with Crippen LogP contribution in [0, 0.1) is 23.2 Å². The predicted octanol–water partition coefficient (Wildman–Crippen LogP) is -0.0999. The van der Waals surface area contributed by atoms with E-state index in [-0.39, 0.29) is 24.0 Å². The molecule has 6 unspecified atom stereocenters. The molecule has 2 aliphatic carbocycles. The fourth-order valence-corrected chi connectivity index (χ4v) is 4.05. The lowest BCUT2D eigenvalue weighted by Crippen LogP contribution is -2.53. The van der Waals surface area contributed by atoms with Crippen LogP contribution in [0.3, 0.4) is 0 Å². The third kappa shape index (κ3) is 1.43. The van der Waals surface area contributed by atoms with Crippen molar-refractivity contribution in [1.82, 2.24) is 0 Å². The molecule has 90 valence electrons. The second-order valence-corrected chi connectivity index (χ2v) is 5.74. The van der Waals surface area contributed by atoms with Gasteiger partial charge in [-0.1, -0.05) is 0 Å². The van der Waals surface area contributed by atoms with Crippen LogP contribution in [-0.2, 0) is 15.8 Å². The second kappa shape index (κ2) is 4.08. The van der Waals surface area contributed by atoms with Crippen molar-refractivity contribution in [3.63, 3.8) is 0 Å². The summed E-state index contributed by atoms with van der Waals surface area (Å²) in [7, 11) is 0. The Bertz CT molecular complexity index is 356. The number of ether oxygens (including phenoxy) is 1. The van der Waals surface area contributed by atoms with Crippen LogP contribution in [0.1, 0.15) is 19.8 Å². The summed E-state index contributed by atoms with van der Waals surface area (Å²) >= 11 is -2.38. The fourth-order valence-electron chi connectivity index (χ4n) is 3.15. The Hall–Kier alpha value is -0.480. The minimum absolute atomic E-state index is 0.0964. The molecule has 0 radical (unpaired) electrons.